The van der Waals surface area contributed by atoms with Gasteiger partial charge >= 0.3 is 0 Å². The van der Waals surface area contributed by atoms with Gasteiger partial charge in [0.05, 0.1) is 11.4 Å². The minimum atomic E-state index is -0.0610. The molecule has 1 fully saturated rings. The third-order valence-electron chi connectivity index (χ3n) is 3.09. The summed E-state index contributed by atoms with van der Waals surface area (Å²) in [6.07, 6.45) is 4.09. The van der Waals surface area contributed by atoms with E-state index in [2.05, 4.69) is 25.1 Å². The van der Waals surface area contributed by atoms with Gasteiger partial charge in [-0.05, 0) is 26.7 Å². The van der Waals surface area contributed by atoms with Crippen LogP contribution in [-0.2, 0) is 4.79 Å². The zero-order chi connectivity index (χ0) is 14.1. The highest BCUT2D eigenvalue weighted by Crippen LogP contribution is 2.37. The summed E-state index contributed by atoms with van der Waals surface area (Å²) in [6.45, 7) is 3.93. The average molecular weight is 309 g/mol. The van der Waals surface area contributed by atoms with Gasteiger partial charge in [-0.1, -0.05) is 11.8 Å². The van der Waals surface area contributed by atoms with E-state index in [9.17, 15) is 4.79 Å². The van der Waals surface area contributed by atoms with E-state index in [0.29, 0.717) is 16.9 Å². The van der Waals surface area contributed by atoms with E-state index < -0.39 is 0 Å². The first kappa shape index (κ1) is 13.6. The van der Waals surface area contributed by atoms with Crippen molar-refractivity contribution in [3.63, 3.8) is 0 Å². The van der Waals surface area contributed by atoms with Crippen LogP contribution in [-0.4, -0.2) is 31.4 Å². The SMILES string of the molecule is Cc1nc(NC(=O)CSc2nncn2C2CC2)sc1C. The lowest BCUT2D eigenvalue weighted by Gasteiger charge is -2.03. The van der Waals surface area contributed by atoms with Crippen LogP contribution in [0.5, 0.6) is 0 Å². The standard InChI is InChI=1S/C12H15N5OS2/c1-7-8(2)20-11(14-7)15-10(18)5-19-12-16-13-6-17(12)9-3-4-9/h6,9H,3-5H2,1-2H3,(H,14,15,18). The Hall–Kier alpha value is -1.41. The van der Waals surface area contributed by atoms with E-state index in [4.69, 9.17) is 0 Å². The number of thioether (sulfide) groups is 1. The summed E-state index contributed by atoms with van der Waals surface area (Å²) in [5.41, 5.74) is 0.964. The Balaban J connectivity index is 1.55. The maximum absolute atomic E-state index is 11.9. The van der Waals surface area contributed by atoms with Crippen molar-refractivity contribution < 1.29 is 4.79 Å². The quantitative estimate of drug-likeness (QED) is 0.859. The van der Waals surface area contributed by atoms with Gasteiger partial charge < -0.3 is 9.88 Å². The second kappa shape index (κ2) is 5.53. The summed E-state index contributed by atoms with van der Waals surface area (Å²) in [5.74, 6) is 0.261. The Morgan fingerprint density at radius 3 is 3.00 bits per heavy atom. The van der Waals surface area contributed by atoms with Gasteiger partial charge in [-0.2, -0.15) is 0 Å². The summed E-state index contributed by atoms with van der Waals surface area (Å²) >= 11 is 2.91. The van der Waals surface area contributed by atoms with E-state index in [1.54, 1.807) is 6.33 Å². The van der Waals surface area contributed by atoms with E-state index >= 15 is 0 Å². The lowest BCUT2D eigenvalue weighted by Crippen LogP contribution is -2.14. The maximum atomic E-state index is 11.9. The maximum Gasteiger partial charge on any atom is 0.236 e. The molecule has 0 spiro atoms. The van der Waals surface area contributed by atoms with Gasteiger partial charge in [0.25, 0.3) is 0 Å². The fourth-order valence-corrected chi connectivity index (χ4v) is 3.36. The first-order valence-electron chi connectivity index (χ1n) is 6.39. The van der Waals surface area contributed by atoms with Crippen LogP contribution >= 0.6 is 23.1 Å². The summed E-state index contributed by atoms with van der Waals surface area (Å²) in [5, 5.41) is 12.3. The zero-order valence-corrected chi connectivity index (χ0v) is 12.9. The molecule has 1 saturated carbocycles. The molecule has 0 radical (unpaired) electrons. The molecule has 0 atom stereocenters. The Labute approximate surface area is 125 Å². The number of rotatable bonds is 5. The van der Waals surface area contributed by atoms with Crippen molar-refractivity contribution in [2.45, 2.75) is 37.9 Å². The Morgan fingerprint density at radius 1 is 1.55 bits per heavy atom. The van der Waals surface area contributed by atoms with Crippen molar-refractivity contribution in [1.82, 2.24) is 19.7 Å². The largest absolute Gasteiger partial charge is 0.306 e. The third kappa shape index (κ3) is 3.01. The number of amides is 1. The van der Waals surface area contributed by atoms with Gasteiger partial charge in [0.15, 0.2) is 10.3 Å². The predicted molar refractivity (Wildman–Crippen MR) is 79.2 cm³/mol. The normalized spacial score (nSPS) is 14.5. The molecule has 2 aromatic heterocycles. The number of nitrogens with zero attached hydrogens (tertiary/aromatic N) is 4. The minimum absolute atomic E-state index is 0.0610. The fourth-order valence-electron chi connectivity index (χ4n) is 1.75. The average Bonchev–Trinajstić information content (AvgIpc) is 3.06. The van der Waals surface area contributed by atoms with Crippen LogP contribution in [0.2, 0.25) is 0 Å². The lowest BCUT2D eigenvalue weighted by atomic mass is 10.4. The van der Waals surface area contributed by atoms with Crippen LogP contribution in [0, 0.1) is 13.8 Å². The molecular weight excluding hydrogens is 294 g/mol. The molecule has 1 amide bonds. The molecule has 0 saturated heterocycles. The van der Waals surface area contributed by atoms with E-state index in [0.717, 1.165) is 15.7 Å². The number of carbonyl (C=O) groups excluding carboxylic acids is 1. The van der Waals surface area contributed by atoms with E-state index in [1.807, 2.05) is 13.8 Å². The topological polar surface area (TPSA) is 72.7 Å². The van der Waals surface area contributed by atoms with Crippen LogP contribution in [0.25, 0.3) is 0 Å². The number of carbonyl (C=O) groups is 1. The Morgan fingerprint density at radius 2 is 2.35 bits per heavy atom. The van der Waals surface area contributed by atoms with Crippen molar-refractivity contribution in [3.05, 3.63) is 16.9 Å². The van der Waals surface area contributed by atoms with Gasteiger partial charge in [0, 0.05) is 10.9 Å². The number of aryl methyl sites for hydroxylation is 2. The first-order valence-corrected chi connectivity index (χ1v) is 8.20. The highest BCUT2D eigenvalue weighted by molar-refractivity contribution is 7.99. The molecule has 2 aromatic rings. The highest BCUT2D eigenvalue weighted by atomic mass is 32.2. The molecule has 0 bridgehead atoms. The highest BCUT2D eigenvalue weighted by Gasteiger charge is 2.26. The van der Waals surface area contributed by atoms with Crippen LogP contribution in [0.4, 0.5) is 5.13 Å². The third-order valence-corrected chi connectivity index (χ3v) is 5.03. The molecule has 0 aromatic carbocycles. The summed E-state index contributed by atoms with van der Waals surface area (Å²) < 4.78 is 2.05. The molecule has 1 aliphatic rings. The molecule has 0 aliphatic heterocycles. The number of aromatic nitrogens is 4. The van der Waals surface area contributed by atoms with Crippen molar-refractivity contribution in [3.8, 4) is 0 Å². The molecule has 0 unspecified atom stereocenters. The number of thiazole rings is 1. The fraction of sp³-hybridized carbons (Fsp3) is 0.500. The van der Waals surface area contributed by atoms with Crippen LogP contribution in [0.1, 0.15) is 29.5 Å². The number of hydrogen-bond donors (Lipinski definition) is 1. The molecule has 106 valence electrons. The summed E-state index contributed by atoms with van der Waals surface area (Å²) in [4.78, 5) is 17.3. The van der Waals surface area contributed by atoms with Crippen LogP contribution < -0.4 is 5.32 Å². The van der Waals surface area contributed by atoms with Crippen molar-refractivity contribution in [1.29, 1.82) is 0 Å². The number of anilines is 1. The summed E-state index contributed by atoms with van der Waals surface area (Å²) in [7, 11) is 0. The molecule has 1 aliphatic carbocycles. The van der Waals surface area contributed by atoms with Gasteiger partial charge in [-0.15, -0.1) is 21.5 Å². The Kier molecular flexibility index (Phi) is 3.75. The lowest BCUT2D eigenvalue weighted by molar-refractivity contribution is -0.113. The van der Waals surface area contributed by atoms with Gasteiger partial charge in [0.1, 0.15) is 6.33 Å². The number of nitrogens with one attached hydrogen (secondary N) is 1. The second-order valence-corrected chi connectivity index (χ2v) is 6.90. The van der Waals surface area contributed by atoms with Gasteiger partial charge in [0.2, 0.25) is 5.91 Å². The second-order valence-electron chi connectivity index (χ2n) is 4.75. The van der Waals surface area contributed by atoms with E-state index in [-0.39, 0.29) is 5.91 Å². The van der Waals surface area contributed by atoms with E-state index in [1.165, 1.54) is 35.9 Å². The first-order chi connectivity index (χ1) is 9.63. The van der Waals surface area contributed by atoms with Gasteiger partial charge in [-0.3, -0.25) is 4.79 Å². The van der Waals surface area contributed by atoms with Gasteiger partial charge in [-0.25, -0.2) is 4.98 Å². The van der Waals surface area contributed by atoms with Crippen LogP contribution in [0.15, 0.2) is 11.5 Å². The number of hydrogen-bond acceptors (Lipinski definition) is 6. The minimum Gasteiger partial charge on any atom is -0.306 e. The monoisotopic (exact) mass is 309 g/mol. The summed E-state index contributed by atoms with van der Waals surface area (Å²) in [6, 6.07) is 0.528. The molecule has 2 heterocycles. The van der Waals surface area contributed by atoms with Crippen molar-refractivity contribution >= 4 is 34.1 Å². The molecule has 3 rings (SSSR count). The van der Waals surface area contributed by atoms with Crippen LogP contribution in [0.3, 0.4) is 0 Å². The molecular formula is C12H15N5OS2. The zero-order valence-electron chi connectivity index (χ0n) is 11.3. The molecule has 6 nitrogen and oxygen atoms in total. The van der Waals surface area contributed by atoms with Crippen molar-refractivity contribution in [2.75, 3.05) is 11.1 Å². The molecule has 8 heteroatoms. The smallest absolute Gasteiger partial charge is 0.236 e. The predicted octanol–water partition coefficient (Wildman–Crippen LogP) is 2.42. The molecule has 20 heavy (non-hydrogen) atoms. The Bertz CT molecular complexity index is 612. The molecule has 1 N–H and O–H groups in total. The van der Waals surface area contributed by atoms with Crippen molar-refractivity contribution in [2.24, 2.45) is 0 Å².